The highest BCUT2D eigenvalue weighted by Crippen LogP contribution is 2.44. The third-order valence-electron chi connectivity index (χ3n) is 5.17. The molecule has 3 rings (SSSR count). The average Bonchev–Trinajstić information content (AvgIpc) is 2.62. The Kier molecular flexibility index (Phi) is 4.94. The van der Waals surface area contributed by atoms with Crippen LogP contribution in [0.15, 0.2) is 60.7 Å². The van der Waals surface area contributed by atoms with Crippen LogP contribution in [0.1, 0.15) is 50.2 Å². The van der Waals surface area contributed by atoms with Gasteiger partial charge in [0.15, 0.2) is 0 Å². The Labute approximate surface area is 134 Å². The van der Waals surface area contributed by atoms with E-state index in [4.69, 9.17) is 0 Å². The van der Waals surface area contributed by atoms with E-state index in [1.165, 1.54) is 43.2 Å². The molecule has 1 nitrogen and oxygen atoms in total. The van der Waals surface area contributed by atoms with E-state index in [-0.39, 0.29) is 5.41 Å². The van der Waals surface area contributed by atoms with E-state index in [0.717, 1.165) is 6.54 Å². The van der Waals surface area contributed by atoms with Crippen molar-refractivity contribution < 1.29 is 0 Å². The molecule has 2 aromatic carbocycles. The van der Waals surface area contributed by atoms with Crippen LogP contribution in [0.25, 0.3) is 0 Å². The molecule has 0 heterocycles. The zero-order valence-corrected chi connectivity index (χ0v) is 13.6. The van der Waals surface area contributed by atoms with E-state index >= 15 is 0 Å². The van der Waals surface area contributed by atoms with Crippen molar-refractivity contribution in [3.8, 4) is 0 Å². The summed E-state index contributed by atoms with van der Waals surface area (Å²) in [6.45, 7) is 3.39. The molecule has 1 aliphatic rings. The molecule has 0 unspecified atom stereocenters. The molecule has 116 valence electrons. The highest BCUT2D eigenvalue weighted by molar-refractivity contribution is 5.39. The summed E-state index contributed by atoms with van der Waals surface area (Å²) >= 11 is 0. The van der Waals surface area contributed by atoms with Crippen molar-refractivity contribution in [2.24, 2.45) is 0 Å². The topological polar surface area (TPSA) is 12.0 Å². The first kappa shape index (κ1) is 15.3. The monoisotopic (exact) mass is 293 g/mol. The molecule has 0 bridgehead atoms. The van der Waals surface area contributed by atoms with Crippen LogP contribution in [0.4, 0.5) is 0 Å². The summed E-state index contributed by atoms with van der Waals surface area (Å²) in [4.78, 5) is 0. The summed E-state index contributed by atoms with van der Waals surface area (Å²) < 4.78 is 0. The van der Waals surface area contributed by atoms with Gasteiger partial charge >= 0.3 is 0 Å². The predicted molar refractivity (Wildman–Crippen MR) is 94.2 cm³/mol. The highest BCUT2D eigenvalue weighted by Gasteiger charge is 2.37. The van der Waals surface area contributed by atoms with E-state index in [2.05, 4.69) is 72.9 Å². The molecule has 0 radical (unpaired) electrons. The van der Waals surface area contributed by atoms with E-state index < -0.39 is 0 Å². The molecule has 1 aliphatic carbocycles. The fraction of sp³-hybridized carbons (Fsp3) is 0.429. The maximum atomic E-state index is 3.71. The van der Waals surface area contributed by atoms with Gasteiger partial charge in [-0.15, -0.1) is 0 Å². The van der Waals surface area contributed by atoms with Crippen LogP contribution >= 0.6 is 0 Å². The first-order valence-corrected chi connectivity index (χ1v) is 8.69. The molecule has 1 heteroatoms. The lowest BCUT2D eigenvalue weighted by Crippen LogP contribution is -2.40. The Balaban J connectivity index is 1.87. The third kappa shape index (κ3) is 3.10. The van der Waals surface area contributed by atoms with Gasteiger partial charge < -0.3 is 5.32 Å². The molecule has 0 atom stereocenters. The molecule has 2 aromatic rings. The average molecular weight is 293 g/mol. The second-order valence-corrected chi connectivity index (χ2v) is 6.54. The molecule has 0 amide bonds. The lowest BCUT2D eigenvalue weighted by Gasteiger charge is -2.41. The van der Waals surface area contributed by atoms with Gasteiger partial charge in [-0.05, 0) is 49.8 Å². The molecular formula is C21H27N. The standard InChI is InChI=1S/C21H27N/c1-2-17-22-20-13-15-21(16-14-20,18-9-5-3-6-10-18)19-11-7-4-8-12-19/h3-12,20,22H,2,13-17H2,1H3. The summed E-state index contributed by atoms with van der Waals surface area (Å²) in [6, 6.07) is 22.9. The quantitative estimate of drug-likeness (QED) is 0.825. The van der Waals surface area contributed by atoms with E-state index in [0.29, 0.717) is 6.04 Å². The minimum atomic E-state index is 0.201. The molecule has 22 heavy (non-hydrogen) atoms. The van der Waals surface area contributed by atoms with E-state index in [1.54, 1.807) is 0 Å². The largest absolute Gasteiger partial charge is 0.314 e. The molecule has 0 saturated heterocycles. The van der Waals surface area contributed by atoms with Gasteiger partial charge in [-0.25, -0.2) is 0 Å². The summed E-state index contributed by atoms with van der Waals surface area (Å²) in [5, 5.41) is 3.71. The Morgan fingerprint density at radius 3 is 1.82 bits per heavy atom. The molecule has 1 fully saturated rings. The van der Waals surface area contributed by atoms with Gasteiger partial charge in [0.1, 0.15) is 0 Å². The van der Waals surface area contributed by atoms with Gasteiger partial charge in [0.25, 0.3) is 0 Å². The van der Waals surface area contributed by atoms with Gasteiger partial charge in [0, 0.05) is 11.5 Å². The molecule has 1 N–H and O–H groups in total. The first-order chi connectivity index (χ1) is 10.8. The van der Waals surface area contributed by atoms with Crippen LogP contribution in [-0.4, -0.2) is 12.6 Å². The van der Waals surface area contributed by atoms with Crippen LogP contribution in [-0.2, 0) is 5.41 Å². The highest BCUT2D eigenvalue weighted by atomic mass is 14.9. The van der Waals surface area contributed by atoms with Gasteiger partial charge in [0.2, 0.25) is 0 Å². The van der Waals surface area contributed by atoms with Crippen molar-refractivity contribution in [2.75, 3.05) is 6.54 Å². The summed E-state index contributed by atoms with van der Waals surface area (Å²) in [7, 11) is 0. The minimum Gasteiger partial charge on any atom is -0.314 e. The Morgan fingerprint density at radius 1 is 0.864 bits per heavy atom. The molecule has 0 aliphatic heterocycles. The van der Waals surface area contributed by atoms with Crippen molar-refractivity contribution in [2.45, 2.75) is 50.5 Å². The van der Waals surface area contributed by atoms with Gasteiger partial charge in [-0.1, -0.05) is 67.6 Å². The summed E-state index contributed by atoms with van der Waals surface area (Å²) in [6.07, 6.45) is 6.23. The molecule has 0 spiro atoms. The van der Waals surface area contributed by atoms with Crippen LogP contribution in [0.2, 0.25) is 0 Å². The summed E-state index contributed by atoms with van der Waals surface area (Å²) in [5.74, 6) is 0. The molecular weight excluding hydrogens is 266 g/mol. The van der Waals surface area contributed by atoms with Crippen LogP contribution in [0, 0.1) is 0 Å². The number of nitrogens with one attached hydrogen (secondary N) is 1. The second kappa shape index (κ2) is 7.11. The predicted octanol–water partition coefficient (Wildman–Crippen LogP) is 4.91. The third-order valence-corrected chi connectivity index (χ3v) is 5.17. The summed E-state index contributed by atoms with van der Waals surface area (Å²) in [5.41, 5.74) is 3.16. The lowest BCUT2D eigenvalue weighted by atomic mass is 9.64. The number of hydrogen-bond acceptors (Lipinski definition) is 1. The Hall–Kier alpha value is -1.60. The Morgan fingerprint density at radius 2 is 1.36 bits per heavy atom. The van der Waals surface area contributed by atoms with Crippen LogP contribution in [0.3, 0.4) is 0 Å². The van der Waals surface area contributed by atoms with Crippen LogP contribution < -0.4 is 5.32 Å². The van der Waals surface area contributed by atoms with Gasteiger partial charge in [-0.3, -0.25) is 0 Å². The van der Waals surface area contributed by atoms with E-state index in [9.17, 15) is 0 Å². The normalized spacial score (nSPS) is 18.2. The first-order valence-electron chi connectivity index (χ1n) is 8.69. The Bertz CT molecular complexity index is 511. The fourth-order valence-corrected chi connectivity index (χ4v) is 3.92. The number of hydrogen-bond donors (Lipinski definition) is 1. The zero-order valence-electron chi connectivity index (χ0n) is 13.6. The SMILES string of the molecule is CCCNC1CCC(c2ccccc2)(c2ccccc2)CC1. The smallest absolute Gasteiger partial charge is 0.0204 e. The number of rotatable bonds is 5. The van der Waals surface area contributed by atoms with E-state index in [1.807, 2.05) is 0 Å². The van der Waals surface area contributed by atoms with Gasteiger partial charge in [0.05, 0.1) is 0 Å². The minimum absolute atomic E-state index is 0.201. The number of benzene rings is 2. The maximum absolute atomic E-state index is 3.71. The van der Waals surface area contributed by atoms with Gasteiger partial charge in [-0.2, -0.15) is 0 Å². The fourth-order valence-electron chi connectivity index (χ4n) is 3.92. The van der Waals surface area contributed by atoms with Crippen molar-refractivity contribution in [3.63, 3.8) is 0 Å². The lowest BCUT2D eigenvalue weighted by molar-refractivity contribution is 0.283. The van der Waals surface area contributed by atoms with Crippen molar-refractivity contribution in [1.82, 2.24) is 5.32 Å². The maximum Gasteiger partial charge on any atom is 0.0204 e. The molecule has 0 aromatic heterocycles. The van der Waals surface area contributed by atoms with Crippen molar-refractivity contribution in [3.05, 3.63) is 71.8 Å². The second-order valence-electron chi connectivity index (χ2n) is 6.54. The van der Waals surface area contributed by atoms with Crippen molar-refractivity contribution >= 4 is 0 Å². The van der Waals surface area contributed by atoms with Crippen LogP contribution in [0.5, 0.6) is 0 Å². The zero-order chi connectivity index (χ0) is 15.3. The molecule has 1 saturated carbocycles. The van der Waals surface area contributed by atoms with Crippen molar-refractivity contribution in [1.29, 1.82) is 0 Å².